The maximum absolute atomic E-state index is 13.3. The van der Waals surface area contributed by atoms with Gasteiger partial charge in [0.05, 0.1) is 0 Å². The van der Waals surface area contributed by atoms with E-state index in [9.17, 15) is 70.7 Å². The van der Waals surface area contributed by atoms with Gasteiger partial charge < -0.3 is 4.74 Å². The topological polar surface area (TPSA) is 26.3 Å². The Morgan fingerprint density at radius 2 is 0.967 bits per heavy atom. The van der Waals surface area contributed by atoms with Crippen LogP contribution in [0.1, 0.15) is 6.92 Å². The average molecular weight is 587 g/mol. The number of hydrogen-bond acceptors (Lipinski definition) is 2. The largest absolute Gasteiger partial charge is 0.460 e. The Morgan fingerprint density at radius 1 is 0.667 bits per heavy atom. The first-order valence-electron chi connectivity index (χ1n) is 6.49. The van der Waals surface area contributed by atoms with Crippen molar-refractivity contribution in [3.8, 4) is 0 Å². The van der Waals surface area contributed by atoms with Crippen molar-refractivity contribution in [2.45, 2.75) is 48.6 Å². The Bertz CT molecular complexity index is 652. The number of halogens is 15. The molecular weight excluding hydrogens is 580 g/mol. The van der Waals surface area contributed by atoms with E-state index in [1.807, 2.05) is 0 Å². The molecule has 18 heteroatoms. The second kappa shape index (κ2) is 8.48. The molecule has 4 radical (unpaired) electrons. The molecule has 0 saturated heterocycles. The van der Waals surface area contributed by atoms with Crippen LogP contribution in [-0.4, -0.2) is 78.2 Å². The first-order valence-corrected chi connectivity index (χ1v) is 6.49. The predicted octanol–water partition coefficient (Wildman–Crippen LogP) is 5.10. The zero-order chi connectivity index (χ0) is 24.1. The van der Waals surface area contributed by atoms with Crippen LogP contribution >= 0.6 is 0 Å². The third-order valence-corrected chi connectivity index (χ3v) is 3.13. The summed E-state index contributed by atoms with van der Waals surface area (Å²) in [6.07, 6.45) is -7.66. The Kier molecular flexibility index (Phi) is 8.80. The van der Waals surface area contributed by atoms with Crippen molar-refractivity contribution in [1.82, 2.24) is 0 Å². The van der Waals surface area contributed by atoms with Gasteiger partial charge in [-0.05, 0) is 6.92 Å². The summed E-state index contributed by atoms with van der Waals surface area (Å²) in [6.45, 7) is 0.266. The second-order valence-electron chi connectivity index (χ2n) is 5.43. The molecule has 0 aromatic heterocycles. The minimum absolute atomic E-state index is 0. The SMILES string of the molecule is C=C(C)C(=O)OCC(F)(F)C(F)(F)C(F)(F)C(F)(F)C(F)(F)C(F)(F)C(F)(F)F.[Sn]. The van der Waals surface area contributed by atoms with Gasteiger partial charge in [-0.1, -0.05) is 6.58 Å². The maximum Gasteiger partial charge on any atom is 0.460 e. The van der Waals surface area contributed by atoms with E-state index in [1.165, 1.54) is 0 Å². The maximum atomic E-state index is 13.3. The van der Waals surface area contributed by atoms with Crippen LogP contribution < -0.4 is 0 Å². The second-order valence-corrected chi connectivity index (χ2v) is 5.43. The van der Waals surface area contributed by atoms with Crippen molar-refractivity contribution in [2.24, 2.45) is 0 Å². The average Bonchev–Trinajstić information content (AvgIpc) is 2.50. The van der Waals surface area contributed by atoms with E-state index in [0.29, 0.717) is 6.92 Å². The number of alkyl halides is 15. The fourth-order valence-electron chi connectivity index (χ4n) is 1.37. The number of ether oxygens (including phenoxy) is 1. The first kappa shape index (κ1) is 31.1. The van der Waals surface area contributed by atoms with Gasteiger partial charge in [-0.3, -0.25) is 0 Å². The molecule has 0 amide bonds. The number of carbonyl (C=O) groups is 1. The summed E-state index contributed by atoms with van der Waals surface area (Å²) in [5.41, 5.74) is -0.808. The van der Waals surface area contributed by atoms with E-state index in [4.69, 9.17) is 0 Å². The Labute approximate surface area is 173 Å². The molecule has 0 spiro atoms. The smallest absolute Gasteiger partial charge is 0.456 e. The van der Waals surface area contributed by atoms with Crippen LogP contribution in [0.25, 0.3) is 0 Å². The van der Waals surface area contributed by atoms with E-state index in [-0.39, 0.29) is 23.9 Å². The summed E-state index contributed by atoms with van der Waals surface area (Å²) >= 11 is 0. The summed E-state index contributed by atoms with van der Waals surface area (Å²) in [6, 6.07) is 0. The Balaban J connectivity index is 0. The molecule has 0 fully saturated rings. The summed E-state index contributed by atoms with van der Waals surface area (Å²) in [7, 11) is 0. The fourth-order valence-corrected chi connectivity index (χ4v) is 1.37. The molecule has 0 rings (SSSR count). The van der Waals surface area contributed by atoms with Gasteiger partial charge in [0, 0.05) is 29.5 Å². The van der Waals surface area contributed by atoms with Crippen molar-refractivity contribution in [1.29, 1.82) is 0 Å². The molecule has 0 aromatic rings. The quantitative estimate of drug-likeness (QED) is 0.171. The van der Waals surface area contributed by atoms with Crippen molar-refractivity contribution < 1.29 is 75.4 Å². The summed E-state index contributed by atoms with van der Waals surface area (Å²) < 4.78 is 196. The summed E-state index contributed by atoms with van der Waals surface area (Å²) in [5, 5.41) is 0. The van der Waals surface area contributed by atoms with E-state index in [0.717, 1.165) is 0 Å². The molecule has 0 N–H and O–H groups in total. The van der Waals surface area contributed by atoms with Crippen LogP contribution in [0, 0.1) is 0 Å². The minimum atomic E-state index is -8.37. The van der Waals surface area contributed by atoms with Crippen molar-refractivity contribution >= 4 is 29.9 Å². The number of carbonyl (C=O) groups excluding carboxylic acids is 1. The van der Waals surface area contributed by atoms with Crippen LogP contribution in [0.4, 0.5) is 65.9 Å². The molecule has 0 atom stereocenters. The van der Waals surface area contributed by atoms with Gasteiger partial charge in [0.15, 0.2) is 6.61 Å². The molecular formula is C12H7F15O2Sn. The third-order valence-electron chi connectivity index (χ3n) is 3.13. The third kappa shape index (κ3) is 4.58. The van der Waals surface area contributed by atoms with Crippen LogP contribution in [-0.2, 0) is 9.53 Å². The molecule has 176 valence electrons. The minimum Gasteiger partial charge on any atom is -0.456 e. The molecule has 0 aliphatic rings. The molecule has 0 bridgehead atoms. The van der Waals surface area contributed by atoms with Gasteiger partial charge in [0.1, 0.15) is 0 Å². The molecule has 0 aliphatic heterocycles. The molecule has 30 heavy (non-hydrogen) atoms. The molecule has 2 nitrogen and oxygen atoms in total. The molecule has 0 heterocycles. The number of hydrogen-bond donors (Lipinski definition) is 0. The van der Waals surface area contributed by atoms with Crippen molar-refractivity contribution in [3.63, 3.8) is 0 Å². The van der Waals surface area contributed by atoms with Gasteiger partial charge in [-0.2, -0.15) is 65.9 Å². The zero-order valence-corrected chi connectivity index (χ0v) is 16.8. The summed E-state index contributed by atoms with van der Waals surface area (Å²) in [4.78, 5) is 10.8. The summed E-state index contributed by atoms with van der Waals surface area (Å²) in [5.74, 6) is -49.2. The van der Waals surface area contributed by atoms with Gasteiger partial charge in [-0.25, -0.2) is 4.79 Å². The number of esters is 1. The van der Waals surface area contributed by atoms with E-state index >= 15 is 0 Å². The predicted molar refractivity (Wildman–Crippen MR) is 67.3 cm³/mol. The van der Waals surface area contributed by atoms with Crippen molar-refractivity contribution in [3.05, 3.63) is 12.2 Å². The van der Waals surface area contributed by atoms with Crippen LogP contribution in [0.3, 0.4) is 0 Å². The van der Waals surface area contributed by atoms with Gasteiger partial charge >= 0.3 is 47.7 Å². The monoisotopic (exact) mass is 588 g/mol. The molecule has 0 unspecified atom stereocenters. The van der Waals surface area contributed by atoms with Crippen LogP contribution in [0.15, 0.2) is 12.2 Å². The van der Waals surface area contributed by atoms with E-state index in [2.05, 4.69) is 11.3 Å². The van der Waals surface area contributed by atoms with Gasteiger partial charge in [-0.15, -0.1) is 0 Å². The van der Waals surface area contributed by atoms with Crippen molar-refractivity contribution in [2.75, 3.05) is 6.61 Å². The molecule has 0 saturated carbocycles. The van der Waals surface area contributed by atoms with Gasteiger partial charge in [0.2, 0.25) is 0 Å². The standard InChI is InChI=1S/C12H7F15O2.Sn/c1-4(2)5(28)29-3-6(13,14)7(15,16)8(17,18)9(19,20)10(21,22)11(23,24)12(25,26)27;/h1,3H2,2H3;. The Hall–Kier alpha value is -1.04. The normalized spacial score (nSPS) is 14.8. The molecule has 0 aliphatic carbocycles. The van der Waals surface area contributed by atoms with Gasteiger partial charge in [0.25, 0.3) is 0 Å². The van der Waals surface area contributed by atoms with E-state index < -0.39 is 59.9 Å². The Morgan fingerprint density at radius 3 is 1.27 bits per heavy atom. The first-order chi connectivity index (χ1) is 12.3. The van der Waals surface area contributed by atoms with Crippen LogP contribution in [0.5, 0.6) is 0 Å². The fraction of sp³-hybridized carbons (Fsp3) is 0.750. The molecule has 0 aromatic carbocycles. The van der Waals surface area contributed by atoms with Crippen LogP contribution in [0.2, 0.25) is 0 Å². The van der Waals surface area contributed by atoms with E-state index in [1.54, 1.807) is 0 Å². The zero-order valence-electron chi connectivity index (χ0n) is 13.9. The number of rotatable bonds is 8.